The molecule has 3 aliphatic carbocycles. The van der Waals surface area contributed by atoms with E-state index in [9.17, 15) is 5.11 Å². The van der Waals surface area contributed by atoms with Crippen LogP contribution in [0.1, 0.15) is 62.5 Å². The second kappa shape index (κ2) is 5.53. The van der Waals surface area contributed by atoms with Gasteiger partial charge in [-0.05, 0) is 86.0 Å². The number of aliphatic hydroxyl groups is 1. The number of ether oxygens (including phenoxy) is 1. The van der Waals surface area contributed by atoms with Gasteiger partial charge in [-0.15, -0.1) is 6.42 Å². The van der Waals surface area contributed by atoms with Crippen LogP contribution in [0.4, 0.5) is 0 Å². The van der Waals surface area contributed by atoms with Crippen molar-refractivity contribution >= 4 is 0 Å². The highest BCUT2D eigenvalue weighted by molar-refractivity contribution is 5.41. The Balaban J connectivity index is 1.71. The van der Waals surface area contributed by atoms with Crippen LogP contribution in [0.3, 0.4) is 0 Å². The van der Waals surface area contributed by atoms with Gasteiger partial charge in [0.1, 0.15) is 11.4 Å². The van der Waals surface area contributed by atoms with Crippen molar-refractivity contribution in [2.75, 3.05) is 7.11 Å². The monoisotopic (exact) mass is 324 g/mol. The predicted octanol–water partition coefficient (Wildman–Crippen LogP) is 4.31. The third-order valence-electron chi connectivity index (χ3n) is 7.65. The molecule has 2 saturated carbocycles. The van der Waals surface area contributed by atoms with Crippen LogP contribution in [0.15, 0.2) is 18.2 Å². The summed E-state index contributed by atoms with van der Waals surface area (Å²) >= 11 is 0. The summed E-state index contributed by atoms with van der Waals surface area (Å²) in [5.74, 6) is 5.63. The third-order valence-corrected chi connectivity index (χ3v) is 7.65. The molecule has 2 fully saturated rings. The van der Waals surface area contributed by atoms with E-state index in [0.29, 0.717) is 17.8 Å². The average Bonchev–Trinajstić information content (AvgIpc) is 2.94. The van der Waals surface area contributed by atoms with Gasteiger partial charge in [0.25, 0.3) is 0 Å². The second-order valence-electron chi connectivity index (χ2n) is 8.07. The first-order valence-corrected chi connectivity index (χ1v) is 9.45. The minimum Gasteiger partial charge on any atom is -0.497 e. The Morgan fingerprint density at radius 3 is 2.83 bits per heavy atom. The molecule has 2 heteroatoms. The van der Waals surface area contributed by atoms with Crippen LogP contribution >= 0.6 is 0 Å². The number of hydrogen-bond donors (Lipinski definition) is 1. The van der Waals surface area contributed by atoms with Crippen molar-refractivity contribution in [1.82, 2.24) is 0 Å². The van der Waals surface area contributed by atoms with Crippen molar-refractivity contribution in [2.24, 2.45) is 17.3 Å². The van der Waals surface area contributed by atoms with Gasteiger partial charge < -0.3 is 9.84 Å². The van der Waals surface area contributed by atoms with E-state index < -0.39 is 5.60 Å². The van der Waals surface area contributed by atoms with Gasteiger partial charge in [-0.1, -0.05) is 18.9 Å². The molecule has 4 rings (SSSR count). The first kappa shape index (κ1) is 16.0. The second-order valence-corrected chi connectivity index (χ2v) is 8.07. The average molecular weight is 324 g/mol. The summed E-state index contributed by atoms with van der Waals surface area (Å²) in [6.07, 6.45) is 13.2. The van der Waals surface area contributed by atoms with Crippen LogP contribution in [0.25, 0.3) is 0 Å². The maximum Gasteiger partial charge on any atom is 0.131 e. The van der Waals surface area contributed by atoms with Crippen LogP contribution in [0, 0.1) is 29.6 Å². The summed E-state index contributed by atoms with van der Waals surface area (Å²) in [6, 6.07) is 6.61. The van der Waals surface area contributed by atoms with Crippen molar-refractivity contribution in [1.29, 1.82) is 0 Å². The summed E-state index contributed by atoms with van der Waals surface area (Å²) in [7, 11) is 1.74. The van der Waals surface area contributed by atoms with E-state index in [-0.39, 0.29) is 5.41 Å². The fraction of sp³-hybridized carbons (Fsp3) is 0.636. The fourth-order valence-electron chi connectivity index (χ4n) is 6.47. The molecule has 2 nitrogen and oxygen atoms in total. The molecule has 0 radical (unpaired) electrons. The minimum atomic E-state index is -0.891. The Morgan fingerprint density at radius 2 is 2.12 bits per heavy atom. The van der Waals surface area contributed by atoms with E-state index in [1.807, 2.05) is 0 Å². The van der Waals surface area contributed by atoms with Crippen molar-refractivity contribution < 1.29 is 9.84 Å². The summed E-state index contributed by atoms with van der Waals surface area (Å²) < 4.78 is 5.41. The maximum atomic E-state index is 11.1. The van der Waals surface area contributed by atoms with Crippen LogP contribution in [0.2, 0.25) is 0 Å². The van der Waals surface area contributed by atoms with Crippen molar-refractivity contribution in [3.63, 3.8) is 0 Å². The Hall–Kier alpha value is -1.46. The predicted molar refractivity (Wildman–Crippen MR) is 96.0 cm³/mol. The summed E-state index contributed by atoms with van der Waals surface area (Å²) in [4.78, 5) is 0. The van der Waals surface area contributed by atoms with Gasteiger partial charge in [0, 0.05) is 5.41 Å². The van der Waals surface area contributed by atoms with Crippen molar-refractivity contribution in [3.8, 4) is 18.1 Å². The SMILES string of the molecule is C#C[C@]1(O)CC[C@H]2[C@H]3CCc4cc(OC)ccc4[C@H]3CC[C@@]21CC. The standard InChI is InChI=1S/C22H28O2/c1-4-21-12-10-18-17-9-7-16(24-3)14-15(17)6-8-19(18)20(21)11-13-22(21,23)5-2/h2,7,9,14,18-20,23H,4,6,8,10-13H2,1,3H3/t18-,19+,20+,21+,22+/m1/s1. The summed E-state index contributed by atoms with van der Waals surface area (Å²) in [6.45, 7) is 2.22. The summed E-state index contributed by atoms with van der Waals surface area (Å²) in [5.41, 5.74) is 2.03. The molecule has 1 N–H and O–H groups in total. The smallest absolute Gasteiger partial charge is 0.131 e. The lowest BCUT2D eigenvalue weighted by Crippen LogP contribution is -2.51. The van der Waals surface area contributed by atoms with Gasteiger partial charge in [0.15, 0.2) is 0 Å². The molecular formula is C22H28O2. The lowest BCUT2D eigenvalue weighted by molar-refractivity contribution is -0.0799. The molecule has 0 saturated heterocycles. The Bertz CT molecular complexity index is 688. The van der Waals surface area contributed by atoms with E-state index in [1.165, 1.54) is 17.5 Å². The fourth-order valence-corrected chi connectivity index (χ4v) is 6.47. The summed E-state index contributed by atoms with van der Waals surface area (Å²) in [5, 5.41) is 11.1. The molecular weight excluding hydrogens is 296 g/mol. The Labute approximate surface area is 145 Å². The first-order valence-electron chi connectivity index (χ1n) is 9.45. The maximum absolute atomic E-state index is 11.1. The molecule has 128 valence electrons. The zero-order valence-corrected chi connectivity index (χ0v) is 14.8. The molecule has 24 heavy (non-hydrogen) atoms. The lowest BCUT2D eigenvalue weighted by atomic mass is 9.52. The van der Waals surface area contributed by atoms with Gasteiger partial charge >= 0.3 is 0 Å². The van der Waals surface area contributed by atoms with Crippen LogP contribution < -0.4 is 4.74 Å². The molecule has 0 heterocycles. The normalized spacial score (nSPS) is 40.2. The number of terminal acetylenes is 1. The van der Waals surface area contributed by atoms with Gasteiger partial charge in [-0.25, -0.2) is 0 Å². The number of methoxy groups -OCH3 is 1. The molecule has 3 aliphatic rings. The molecule has 5 atom stereocenters. The Kier molecular flexibility index (Phi) is 3.69. The van der Waals surface area contributed by atoms with Gasteiger partial charge in [-0.3, -0.25) is 0 Å². The van der Waals surface area contributed by atoms with E-state index in [0.717, 1.165) is 44.3 Å². The molecule has 1 aromatic rings. The van der Waals surface area contributed by atoms with E-state index >= 15 is 0 Å². The number of aryl methyl sites for hydroxylation is 1. The highest BCUT2D eigenvalue weighted by Crippen LogP contribution is 2.65. The van der Waals surface area contributed by atoms with Crippen molar-refractivity contribution in [3.05, 3.63) is 29.3 Å². The third kappa shape index (κ3) is 1.94. The number of rotatable bonds is 2. The largest absolute Gasteiger partial charge is 0.497 e. The van der Waals surface area contributed by atoms with E-state index in [4.69, 9.17) is 11.2 Å². The highest BCUT2D eigenvalue weighted by atomic mass is 16.5. The molecule has 0 amide bonds. The zero-order chi connectivity index (χ0) is 16.9. The minimum absolute atomic E-state index is 0.0626. The topological polar surface area (TPSA) is 29.5 Å². The van der Waals surface area contributed by atoms with Crippen LogP contribution in [-0.4, -0.2) is 17.8 Å². The number of hydrogen-bond acceptors (Lipinski definition) is 2. The zero-order valence-electron chi connectivity index (χ0n) is 14.8. The number of fused-ring (bicyclic) bond motifs is 5. The quantitative estimate of drug-likeness (QED) is 0.822. The first-order chi connectivity index (χ1) is 11.6. The van der Waals surface area contributed by atoms with Crippen LogP contribution in [0.5, 0.6) is 5.75 Å². The highest BCUT2D eigenvalue weighted by Gasteiger charge is 2.62. The van der Waals surface area contributed by atoms with Crippen molar-refractivity contribution in [2.45, 2.75) is 63.4 Å². The van der Waals surface area contributed by atoms with Gasteiger partial charge in [0.2, 0.25) is 0 Å². The van der Waals surface area contributed by atoms with Crippen LogP contribution in [-0.2, 0) is 6.42 Å². The molecule has 0 unspecified atom stereocenters. The molecule has 0 bridgehead atoms. The van der Waals surface area contributed by atoms with E-state index in [1.54, 1.807) is 7.11 Å². The molecule has 0 aromatic heterocycles. The molecule has 0 aliphatic heterocycles. The Morgan fingerprint density at radius 1 is 1.29 bits per heavy atom. The number of benzene rings is 1. The van der Waals surface area contributed by atoms with Gasteiger partial charge in [0.05, 0.1) is 7.11 Å². The molecule has 0 spiro atoms. The van der Waals surface area contributed by atoms with E-state index in [2.05, 4.69) is 31.0 Å². The van der Waals surface area contributed by atoms with Gasteiger partial charge in [-0.2, -0.15) is 0 Å². The lowest BCUT2D eigenvalue weighted by Gasteiger charge is -2.53. The molecule has 1 aromatic carbocycles.